The Balaban J connectivity index is 2.49. The number of carbonyl (C=O) groups excluding carboxylic acids is 1. The average molecular weight is 258 g/mol. The molecule has 4 nitrogen and oxygen atoms in total. The van der Waals surface area contributed by atoms with E-state index in [1.165, 1.54) is 13.2 Å². The zero-order chi connectivity index (χ0) is 13.8. The van der Waals surface area contributed by atoms with E-state index in [2.05, 4.69) is 4.74 Å². The summed E-state index contributed by atoms with van der Waals surface area (Å²) in [6.07, 6.45) is 0. The first-order valence-electron chi connectivity index (χ1n) is 5.71. The molecule has 19 heavy (non-hydrogen) atoms. The number of rotatable bonds is 3. The predicted octanol–water partition coefficient (Wildman–Crippen LogP) is 2.85. The number of phenols is 1. The van der Waals surface area contributed by atoms with Crippen LogP contribution in [0.15, 0.2) is 42.5 Å². The van der Waals surface area contributed by atoms with E-state index in [1.807, 2.05) is 24.3 Å². The minimum atomic E-state index is -0.486. The largest absolute Gasteiger partial charge is 0.508 e. The molecule has 1 N–H and O–H groups in total. The Hall–Kier alpha value is -2.49. The SMILES string of the molecule is COC(=O)c1cc(O)cc(-c2cccc(OC)c2)c1. The van der Waals surface area contributed by atoms with Crippen LogP contribution in [0.3, 0.4) is 0 Å². The first-order valence-corrected chi connectivity index (χ1v) is 5.71. The normalized spacial score (nSPS) is 10.0. The fourth-order valence-corrected chi connectivity index (χ4v) is 1.82. The minimum absolute atomic E-state index is 0.0146. The zero-order valence-corrected chi connectivity index (χ0v) is 10.7. The van der Waals surface area contributed by atoms with E-state index in [0.29, 0.717) is 11.3 Å². The molecule has 0 radical (unpaired) electrons. The predicted molar refractivity (Wildman–Crippen MR) is 71.4 cm³/mol. The van der Waals surface area contributed by atoms with Crippen LogP contribution >= 0.6 is 0 Å². The zero-order valence-electron chi connectivity index (χ0n) is 10.7. The maximum atomic E-state index is 11.5. The molecule has 0 aliphatic heterocycles. The summed E-state index contributed by atoms with van der Waals surface area (Å²) < 4.78 is 9.80. The van der Waals surface area contributed by atoms with Crippen LogP contribution < -0.4 is 4.74 Å². The van der Waals surface area contributed by atoms with Crippen LogP contribution in [0.4, 0.5) is 0 Å². The summed E-state index contributed by atoms with van der Waals surface area (Å²) >= 11 is 0. The summed E-state index contributed by atoms with van der Waals surface area (Å²) in [5, 5.41) is 9.69. The lowest BCUT2D eigenvalue weighted by Gasteiger charge is -2.07. The summed E-state index contributed by atoms with van der Waals surface area (Å²) in [6, 6.07) is 12.0. The highest BCUT2D eigenvalue weighted by Crippen LogP contribution is 2.28. The summed E-state index contributed by atoms with van der Waals surface area (Å²) in [5.74, 6) is 0.237. The molecule has 0 amide bonds. The number of hydrogen-bond acceptors (Lipinski definition) is 4. The summed E-state index contributed by atoms with van der Waals surface area (Å²) in [5.41, 5.74) is 1.88. The van der Waals surface area contributed by atoms with Crippen molar-refractivity contribution in [2.45, 2.75) is 0 Å². The molecule has 0 unspecified atom stereocenters. The number of phenolic OH excluding ortho intramolecular Hbond substituents is 1. The number of hydrogen-bond donors (Lipinski definition) is 1. The second-order valence-electron chi connectivity index (χ2n) is 3.99. The quantitative estimate of drug-likeness (QED) is 0.860. The Morgan fingerprint density at radius 3 is 2.53 bits per heavy atom. The van der Waals surface area contributed by atoms with E-state index in [-0.39, 0.29) is 5.75 Å². The molecule has 0 aliphatic carbocycles. The van der Waals surface area contributed by atoms with Gasteiger partial charge < -0.3 is 14.6 Å². The Morgan fingerprint density at radius 1 is 1.05 bits per heavy atom. The van der Waals surface area contributed by atoms with Crippen molar-refractivity contribution in [3.63, 3.8) is 0 Å². The van der Waals surface area contributed by atoms with Gasteiger partial charge in [-0.15, -0.1) is 0 Å². The van der Waals surface area contributed by atoms with Gasteiger partial charge in [0, 0.05) is 0 Å². The van der Waals surface area contributed by atoms with Crippen molar-refractivity contribution in [3.05, 3.63) is 48.0 Å². The van der Waals surface area contributed by atoms with E-state index < -0.39 is 5.97 Å². The van der Waals surface area contributed by atoms with E-state index in [9.17, 15) is 9.90 Å². The molecule has 0 heterocycles. The third-order valence-electron chi connectivity index (χ3n) is 2.74. The maximum Gasteiger partial charge on any atom is 0.338 e. The van der Waals surface area contributed by atoms with Gasteiger partial charge in [-0.3, -0.25) is 0 Å². The monoisotopic (exact) mass is 258 g/mol. The van der Waals surface area contributed by atoms with Crippen molar-refractivity contribution in [3.8, 4) is 22.6 Å². The number of carbonyl (C=O) groups is 1. The number of esters is 1. The topological polar surface area (TPSA) is 55.8 Å². The van der Waals surface area contributed by atoms with Gasteiger partial charge in [0.15, 0.2) is 0 Å². The molecule has 0 saturated heterocycles. The molecule has 2 aromatic carbocycles. The molecule has 2 rings (SSSR count). The second-order valence-corrected chi connectivity index (χ2v) is 3.99. The van der Waals surface area contributed by atoms with Crippen LogP contribution in [-0.2, 0) is 4.74 Å². The number of aromatic hydroxyl groups is 1. The van der Waals surface area contributed by atoms with Gasteiger partial charge in [-0.1, -0.05) is 12.1 Å². The Morgan fingerprint density at radius 2 is 1.84 bits per heavy atom. The lowest BCUT2D eigenvalue weighted by molar-refractivity contribution is 0.0600. The van der Waals surface area contributed by atoms with Gasteiger partial charge in [0.1, 0.15) is 11.5 Å². The average Bonchev–Trinajstić information content (AvgIpc) is 2.45. The smallest absolute Gasteiger partial charge is 0.338 e. The Bertz CT molecular complexity index is 605. The van der Waals surface area contributed by atoms with Gasteiger partial charge in [0.25, 0.3) is 0 Å². The number of ether oxygens (including phenoxy) is 2. The molecule has 0 aromatic heterocycles. The second kappa shape index (κ2) is 5.44. The van der Waals surface area contributed by atoms with Gasteiger partial charge in [-0.2, -0.15) is 0 Å². The molecule has 0 bridgehead atoms. The highest BCUT2D eigenvalue weighted by molar-refractivity contribution is 5.91. The molecule has 4 heteroatoms. The summed E-state index contributed by atoms with van der Waals surface area (Å²) in [6.45, 7) is 0. The first-order chi connectivity index (χ1) is 9.13. The van der Waals surface area contributed by atoms with Crippen molar-refractivity contribution in [1.29, 1.82) is 0 Å². The van der Waals surface area contributed by atoms with Crippen LogP contribution in [0, 0.1) is 0 Å². The van der Waals surface area contributed by atoms with Gasteiger partial charge >= 0.3 is 5.97 Å². The molecule has 98 valence electrons. The van der Waals surface area contributed by atoms with Gasteiger partial charge in [-0.25, -0.2) is 4.79 Å². The molecule has 0 saturated carbocycles. The molecule has 0 fully saturated rings. The van der Waals surface area contributed by atoms with E-state index in [1.54, 1.807) is 19.2 Å². The van der Waals surface area contributed by atoms with Crippen molar-refractivity contribution < 1.29 is 19.4 Å². The van der Waals surface area contributed by atoms with E-state index in [4.69, 9.17) is 4.74 Å². The highest BCUT2D eigenvalue weighted by atomic mass is 16.5. The lowest BCUT2D eigenvalue weighted by Crippen LogP contribution is -2.01. The summed E-state index contributed by atoms with van der Waals surface area (Å²) in [7, 11) is 2.89. The fraction of sp³-hybridized carbons (Fsp3) is 0.133. The molecule has 0 aliphatic rings. The maximum absolute atomic E-state index is 11.5. The number of benzene rings is 2. The summed E-state index contributed by atoms with van der Waals surface area (Å²) in [4.78, 5) is 11.5. The Labute approximate surface area is 111 Å². The molecular weight excluding hydrogens is 244 g/mol. The van der Waals surface area contributed by atoms with Crippen molar-refractivity contribution in [2.24, 2.45) is 0 Å². The van der Waals surface area contributed by atoms with Crippen LogP contribution in [0.2, 0.25) is 0 Å². The lowest BCUT2D eigenvalue weighted by atomic mass is 10.0. The van der Waals surface area contributed by atoms with Crippen molar-refractivity contribution in [2.75, 3.05) is 14.2 Å². The highest BCUT2D eigenvalue weighted by Gasteiger charge is 2.10. The van der Waals surface area contributed by atoms with E-state index >= 15 is 0 Å². The minimum Gasteiger partial charge on any atom is -0.508 e. The van der Waals surface area contributed by atoms with E-state index in [0.717, 1.165) is 11.1 Å². The molecular formula is C15H14O4. The number of methoxy groups -OCH3 is 2. The molecule has 2 aromatic rings. The molecule has 0 atom stereocenters. The van der Waals surface area contributed by atoms with Gasteiger partial charge in [0.2, 0.25) is 0 Å². The van der Waals surface area contributed by atoms with Gasteiger partial charge in [0.05, 0.1) is 19.8 Å². The third-order valence-corrected chi connectivity index (χ3v) is 2.74. The Kier molecular flexibility index (Phi) is 3.71. The third kappa shape index (κ3) is 2.85. The fourth-order valence-electron chi connectivity index (χ4n) is 1.82. The molecule has 0 spiro atoms. The van der Waals surface area contributed by atoms with Gasteiger partial charge in [-0.05, 0) is 41.5 Å². The van der Waals surface area contributed by atoms with Crippen LogP contribution in [0.5, 0.6) is 11.5 Å². The van der Waals surface area contributed by atoms with Crippen LogP contribution in [-0.4, -0.2) is 25.3 Å². The standard InChI is InChI=1S/C15H14O4/c1-18-14-5-3-4-10(9-14)11-6-12(15(17)19-2)8-13(16)7-11/h3-9,16H,1-2H3. The van der Waals surface area contributed by atoms with Crippen LogP contribution in [0.1, 0.15) is 10.4 Å². The van der Waals surface area contributed by atoms with Crippen molar-refractivity contribution >= 4 is 5.97 Å². The van der Waals surface area contributed by atoms with Crippen molar-refractivity contribution in [1.82, 2.24) is 0 Å². The van der Waals surface area contributed by atoms with Crippen LogP contribution in [0.25, 0.3) is 11.1 Å². The first kappa shape index (κ1) is 13.0.